The van der Waals surface area contributed by atoms with Gasteiger partial charge in [-0.25, -0.2) is 4.98 Å². The lowest BCUT2D eigenvalue weighted by molar-refractivity contribution is -0.150. The maximum absolute atomic E-state index is 11.7. The van der Waals surface area contributed by atoms with E-state index in [1.54, 1.807) is 0 Å². The monoisotopic (exact) mass is 311 g/mol. The SMILES string of the molecule is CC1CCC(CNc2nc(C(C)(C)C)ns2)(C(=O)O)CC1. The summed E-state index contributed by atoms with van der Waals surface area (Å²) in [5.41, 5.74) is -0.735. The van der Waals surface area contributed by atoms with Gasteiger partial charge >= 0.3 is 5.97 Å². The zero-order chi connectivity index (χ0) is 15.7. The number of rotatable bonds is 4. The molecule has 0 unspecified atom stereocenters. The number of nitrogens with one attached hydrogen (secondary N) is 1. The Labute approximate surface area is 130 Å². The predicted octanol–water partition coefficient (Wildman–Crippen LogP) is 3.53. The van der Waals surface area contributed by atoms with Crippen LogP contribution in [-0.4, -0.2) is 27.0 Å². The molecule has 0 saturated heterocycles. The third-order valence-electron chi connectivity index (χ3n) is 4.36. The fourth-order valence-electron chi connectivity index (χ4n) is 2.63. The van der Waals surface area contributed by atoms with Gasteiger partial charge in [0.15, 0.2) is 0 Å². The number of anilines is 1. The second-order valence-electron chi connectivity index (χ2n) is 7.29. The Kier molecular flexibility index (Phi) is 4.56. The molecule has 118 valence electrons. The van der Waals surface area contributed by atoms with E-state index in [4.69, 9.17) is 0 Å². The second-order valence-corrected chi connectivity index (χ2v) is 8.05. The summed E-state index contributed by atoms with van der Waals surface area (Å²) >= 11 is 1.31. The third kappa shape index (κ3) is 3.73. The highest BCUT2D eigenvalue weighted by molar-refractivity contribution is 7.09. The molecule has 0 aromatic carbocycles. The number of carbonyl (C=O) groups is 1. The zero-order valence-corrected chi connectivity index (χ0v) is 14.1. The van der Waals surface area contributed by atoms with E-state index in [2.05, 4.69) is 42.4 Å². The van der Waals surface area contributed by atoms with Gasteiger partial charge in [0.1, 0.15) is 5.82 Å². The fourth-order valence-corrected chi connectivity index (χ4v) is 3.38. The lowest BCUT2D eigenvalue weighted by atomic mass is 9.71. The van der Waals surface area contributed by atoms with Crippen LogP contribution in [0.5, 0.6) is 0 Å². The number of aromatic nitrogens is 2. The number of hydrogen-bond donors (Lipinski definition) is 2. The first-order chi connectivity index (χ1) is 9.73. The van der Waals surface area contributed by atoms with Crippen molar-refractivity contribution < 1.29 is 9.90 Å². The van der Waals surface area contributed by atoms with Crippen molar-refractivity contribution in [1.29, 1.82) is 0 Å². The minimum atomic E-state index is -0.692. The summed E-state index contributed by atoms with van der Waals surface area (Å²) in [4.78, 5) is 16.2. The van der Waals surface area contributed by atoms with E-state index in [0.717, 1.165) is 36.6 Å². The van der Waals surface area contributed by atoms with Crippen LogP contribution in [0.25, 0.3) is 0 Å². The normalized spacial score (nSPS) is 26.6. The highest BCUT2D eigenvalue weighted by Gasteiger charge is 2.41. The Bertz CT molecular complexity index is 499. The summed E-state index contributed by atoms with van der Waals surface area (Å²) in [7, 11) is 0. The first-order valence-corrected chi connectivity index (χ1v) is 8.32. The Hall–Kier alpha value is -1.17. The van der Waals surface area contributed by atoms with E-state index in [-0.39, 0.29) is 5.41 Å². The molecule has 0 aliphatic heterocycles. The van der Waals surface area contributed by atoms with Crippen LogP contribution in [0.3, 0.4) is 0 Å². The van der Waals surface area contributed by atoms with Crippen LogP contribution in [0.15, 0.2) is 0 Å². The van der Waals surface area contributed by atoms with Crippen molar-refractivity contribution in [3.8, 4) is 0 Å². The molecular formula is C15H25N3O2S. The van der Waals surface area contributed by atoms with Gasteiger partial charge in [-0.15, -0.1) is 0 Å². The molecule has 1 aliphatic carbocycles. The van der Waals surface area contributed by atoms with E-state index in [1.807, 2.05) is 0 Å². The number of hydrogen-bond acceptors (Lipinski definition) is 5. The molecule has 1 aromatic rings. The van der Waals surface area contributed by atoms with Gasteiger partial charge < -0.3 is 10.4 Å². The van der Waals surface area contributed by atoms with Gasteiger partial charge in [-0.2, -0.15) is 4.37 Å². The molecule has 0 atom stereocenters. The van der Waals surface area contributed by atoms with Crippen LogP contribution >= 0.6 is 11.5 Å². The average Bonchev–Trinajstić information content (AvgIpc) is 2.87. The van der Waals surface area contributed by atoms with Crippen molar-refractivity contribution in [2.24, 2.45) is 11.3 Å². The Morgan fingerprint density at radius 2 is 2.05 bits per heavy atom. The first kappa shape index (κ1) is 16.2. The molecule has 5 nitrogen and oxygen atoms in total. The number of aliphatic carboxylic acids is 1. The van der Waals surface area contributed by atoms with Crippen LogP contribution in [0.1, 0.15) is 59.2 Å². The third-order valence-corrected chi connectivity index (χ3v) is 5.03. The summed E-state index contributed by atoms with van der Waals surface area (Å²) in [6.07, 6.45) is 3.44. The number of nitrogens with zero attached hydrogens (tertiary/aromatic N) is 2. The molecule has 1 saturated carbocycles. The number of carboxylic acid groups (broad SMARTS) is 1. The van der Waals surface area contributed by atoms with Gasteiger partial charge in [-0.3, -0.25) is 4.79 Å². The van der Waals surface area contributed by atoms with E-state index in [0.29, 0.717) is 12.5 Å². The summed E-state index contributed by atoms with van der Waals surface area (Å²) < 4.78 is 4.35. The zero-order valence-electron chi connectivity index (χ0n) is 13.3. The lowest BCUT2D eigenvalue weighted by Gasteiger charge is -2.35. The molecule has 1 fully saturated rings. The average molecular weight is 311 g/mol. The lowest BCUT2D eigenvalue weighted by Crippen LogP contribution is -2.41. The van der Waals surface area contributed by atoms with Crippen molar-refractivity contribution in [3.05, 3.63) is 5.82 Å². The van der Waals surface area contributed by atoms with Crippen LogP contribution in [0, 0.1) is 11.3 Å². The molecule has 0 amide bonds. The Balaban J connectivity index is 2.03. The highest BCUT2D eigenvalue weighted by atomic mass is 32.1. The summed E-state index contributed by atoms with van der Waals surface area (Å²) in [5.74, 6) is 0.741. The van der Waals surface area contributed by atoms with Gasteiger partial charge in [-0.1, -0.05) is 27.7 Å². The molecule has 2 N–H and O–H groups in total. The van der Waals surface area contributed by atoms with Crippen molar-refractivity contribution in [2.45, 2.75) is 58.8 Å². The molecule has 1 aromatic heterocycles. The van der Waals surface area contributed by atoms with Crippen LogP contribution in [0.2, 0.25) is 0 Å². The van der Waals surface area contributed by atoms with Crippen molar-refractivity contribution in [3.63, 3.8) is 0 Å². The minimum absolute atomic E-state index is 0.0822. The Morgan fingerprint density at radius 1 is 1.43 bits per heavy atom. The standard InChI is InChI=1S/C15H25N3O2S/c1-10-5-7-15(8-6-10,12(19)20)9-16-13-17-11(18-21-13)14(2,3)4/h10H,5-9H2,1-4H3,(H,19,20)(H,16,17,18). The van der Waals surface area contributed by atoms with Gasteiger partial charge in [0.05, 0.1) is 5.41 Å². The molecule has 0 bridgehead atoms. The molecule has 2 rings (SSSR count). The quantitative estimate of drug-likeness (QED) is 0.889. The summed E-state index contributed by atoms with van der Waals surface area (Å²) in [6.45, 7) is 8.84. The predicted molar refractivity (Wildman–Crippen MR) is 84.8 cm³/mol. The van der Waals surface area contributed by atoms with Crippen LogP contribution in [0.4, 0.5) is 5.13 Å². The molecule has 6 heteroatoms. The van der Waals surface area contributed by atoms with E-state index in [9.17, 15) is 9.90 Å². The van der Waals surface area contributed by atoms with Crippen LogP contribution < -0.4 is 5.32 Å². The molecule has 1 aliphatic rings. The molecule has 21 heavy (non-hydrogen) atoms. The maximum atomic E-state index is 11.7. The highest BCUT2D eigenvalue weighted by Crippen LogP contribution is 2.39. The molecular weight excluding hydrogens is 286 g/mol. The van der Waals surface area contributed by atoms with Gasteiger partial charge in [0.25, 0.3) is 0 Å². The summed E-state index contributed by atoms with van der Waals surface area (Å²) in [5, 5.41) is 13.5. The van der Waals surface area contributed by atoms with Crippen molar-refractivity contribution in [1.82, 2.24) is 9.36 Å². The van der Waals surface area contributed by atoms with Gasteiger partial charge in [-0.05, 0) is 31.6 Å². The van der Waals surface area contributed by atoms with E-state index >= 15 is 0 Å². The fraction of sp³-hybridized carbons (Fsp3) is 0.800. The maximum Gasteiger partial charge on any atom is 0.311 e. The van der Waals surface area contributed by atoms with Gasteiger partial charge in [0, 0.05) is 23.5 Å². The topological polar surface area (TPSA) is 75.1 Å². The van der Waals surface area contributed by atoms with E-state index < -0.39 is 11.4 Å². The molecule has 0 radical (unpaired) electrons. The minimum Gasteiger partial charge on any atom is -0.481 e. The van der Waals surface area contributed by atoms with Gasteiger partial charge in [0.2, 0.25) is 5.13 Å². The first-order valence-electron chi connectivity index (χ1n) is 7.54. The molecule has 0 spiro atoms. The second kappa shape index (κ2) is 5.91. The molecule has 1 heterocycles. The van der Waals surface area contributed by atoms with Crippen molar-refractivity contribution in [2.75, 3.05) is 11.9 Å². The largest absolute Gasteiger partial charge is 0.481 e. The Morgan fingerprint density at radius 3 is 2.52 bits per heavy atom. The van der Waals surface area contributed by atoms with E-state index in [1.165, 1.54) is 11.5 Å². The van der Waals surface area contributed by atoms with Crippen molar-refractivity contribution >= 4 is 22.6 Å². The smallest absolute Gasteiger partial charge is 0.311 e. The van der Waals surface area contributed by atoms with Crippen LogP contribution in [-0.2, 0) is 10.2 Å². The summed E-state index contributed by atoms with van der Waals surface area (Å²) in [6, 6.07) is 0. The number of carboxylic acids is 1.